The van der Waals surface area contributed by atoms with E-state index in [0.29, 0.717) is 25.4 Å². The summed E-state index contributed by atoms with van der Waals surface area (Å²) in [6.07, 6.45) is 4.58. The Balaban J connectivity index is 1.77. The van der Waals surface area contributed by atoms with E-state index in [1.54, 1.807) is 0 Å². The molecule has 0 aliphatic carbocycles. The molecular formula is C15H26N4O2. The summed E-state index contributed by atoms with van der Waals surface area (Å²) in [4.78, 5) is 13.8. The number of carbonyl (C=O) groups excluding carboxylic acids is 1. The third kappa shape index (κ3) is 4.54. The van der Waals surface area contributed by atoms with Crippen LogP contribution in [0.5, 0.6) is 0 Å². The Morgan fingerprint density at radius 3 is 2.86 bits per heavy atom. The Bertz CT molecular complexity index is 439. The minimum atomic E-state index is 0.125. The van der Waals surface area contributed by atoms with Crippen molar-refractivity contribution >= 4 is 5.91 Å². The first-order chi connectivity index (χ1) is 10.2. The quantitative estimate of drug-likeness (QED) is 0.772. The van der Waals surface area contributed by atoms with E-state index in [0.717, 1.165) is 32.5 Å². The van der Waals surface area contributed by atoms with Crippen molar-refractivity contribution in [3.63, 3.8) is 0 Å². The Labute approximate surface area is 126 Å². The zero-order valence-corrected chi connectivity index (χ0v) is 12.8. The maximum absolute atomic E-state index is 11.5. The summed E-state index contributed by atoms with van der Waals surface area (Å²) in [6.45, 7) is 6.23. The Kier molecular flexibility index (Phi) is 6.20. The number of hydrogen-bond donors (Lipinski definition) is 2. The number of likely N-dealkylation sites (tertiary alicyclic amines) is 1. The molecule has 0 unspecified atom stereocenters. The maximum Gasteiger partial charge on any atom is 0.221 e. The van der Waals surface area contributed by atoms with Crippen LogP contribution in [0.1, 0.15) is 37.8 Å². The second-order valence-corrected chi connectivity index (χ2v) is 5.52. The summed E-state index contributed by atoms with van der Waals surface area (Å²) < 4.78 is 1.91. The summed E-state index contributed by atoms with van der Waals surface area (Å²) in [5.74, 6) is 0.653. The van der Waals surface area contributed by atoms with Gasteiger partial charge in [0.25, 0.3) is 0 Å². The van der Waals surface area contributed by atoms with Crippen LogP contribution in [0.2, 0.25) is 0 Å². The van der Waals surface area contributed by atoms with Crippen LogP contribution in [-0.2, 0) is 11.3 Å². The van der Waals surface area contributed by atoms with Crippen molar-refractivity contribution in [3.8, 4) is 0 Å². The SMILES string of the molecule is CCNC(=O)CCN1CCC(c2ccnn2CCO)CC1. The van der Waals surface area contributed by atoms with Crippen LogP contribution in [-0.4, -0.2) is 58.5 Å². The van der Waals surface area contributed by atoms with Gasteiger partial charge in [0, 0.05) is 37.3 Å². The van der Waals surface area contributed by atoms with E-state index in [1.807, 2.05) is 17.8 Å². The molecule has 6 heteroatoms. The zero-order chi connectivity index (χ0) is 15.1. The number of aliphatic hydroxyl groups is 1. The fraction of sp³-hybridized carbons (Fsp3) is 0.733. The average Bonchev–Trinajstić information content (AvgIpc) is 2.95. The Hall–Kier alpha value is -1.40. The molecule has 0 bridgehead atoms. The highest BCUT2D eigenvalue weighted by atomic mass is 16.3. The number of aliphatic hydroxyl groups excluding tert-OH is 1. The third-order valence-electron chi connectivity index (χ3n) is 4.10. The van der Waals surface area contributed by atoms with E-state index in [4.69, 9.17) is 5.11 Å². The molecule has 1 saturated heterocycles. The van der Waals surface area contributed by atoms with Crippen molar-refractivity contribution in [2.45, 2.75) is 38.6 Å². The Morgan fingerprint density at radius 1 is 1.43 bits per heavy atom. The van der Waals surface area contributed by atoms with Crippen molar-refractivity contribution in [1.82, 2.24) is 20.0 Å². The van der Waals surface area contributed by atoms with Gasteiger partial charge in [0.2, 0.25) is 5.91 Å². The molecule has 0 saturated carbocycles. The number of rotatable bonds is 7. The first kappa shape index (κ1) is 16.0. The molecule has 1 aromatic rings. The highest BCUT2D eigenvalue weighted by Gasteiger charge is 2.23. The van der Waals surface area contributed by atoms with E-state index in [1.165, 1.54) is 5.69 Å². The second-order valence-electron chi connectivity index (χ2n) is 5.52. The minimum absolute atomic E-state index is 0.125. The third-order valence-corrected chi connectivity index (χ3v) is 4.10. The number of aromatic nitrogens is 2. The van der Waals surface area contributed by atoms with Crippen molar-refractivity contribution in [3.05, 3.63) is 18.0 Å². The van der Waals surface area contributed by atoms with E-state index in [-0.39, 0.29) is 12.5 Å². The van der Waals surface area contributed by atoms with Crippen LogP contribution in [0.25, 0.3) is 0 Å². The monoisotopic (exact) mass is 294 g/mol. The van der Waals surface area contributed by atoms with Gasteiger partial charge in [-0.3, -0.25) is 9.48 Å². The zero-order valence-electron chi connectivity index (χ0n) is 12.8. The number of nitrogens with zero attached hydrogens (tertiary/aromatic N) is 3. The fourth-order valence-corrected chi connectivity index (χ4v) is 2.97. The molecule has 1 aliphatic rings. The normalized spacial score (nSPS) is 17.0. The van der Waals surface area contributed by atoms with Gasteiger partial charge in [-0.1, -0.05) is 0 Å². The molecule has 118 valence electrons. The van der Waals surface area contributed by atoms with Gasteiger partial charge in [-0.15, -0.1) is 0 Å². The standard InChI is InChI=1S/C15H26N4O2/c1-2-16-15(21)6-10-18-8-4-13(5-9-18)14-3-7-17-19(14)11-12-20/h3,7,13,20H,2,4-6,8-12H2,1H3,(H,16,21). The predicted octanol–water partition coefficient (Wildman–Crippen LogP) is 0.581. The van der Waals surface area contributed by atoms with Gasteiger partial charge in [0.05, 0.1) is 13.2 Å². The van der Waals surface area contributed by atoms with Crippen LogP contribution in [0.4, 0.5) is 0 Å². The first-order valence-corrected chi connectivity index (χ1v) is 7.86. The van der Waals surface area contributed by atoms with Crippen LogP contribution in [0.3, 0.4) is 0 Å². The van der Waals surface area contributed by atoms with Crippen LogP contribution in [0, 0.1) is 0 Å². The van der Waals surface area contributed by atoms with Gasteiger partial charge in [0.1, 0.15) is 0 Å². The average molecular weight is 294 g/mol. The van der Waals surface area contributed by atoms with Crippen molar-refractivity contribution in [2.75, 3.05) is 32.8 Å². The van der Waals surface area contributed by atoms with Gasteiger partial charge in [-0.2, -0.15) is 5.10 Å². The van der Waals surface area contributed by atoms with Crippen LogP contribution >= 0.6 is 0 Å². The summed E-state index contributed by atoms with van der Waals surface area (Å²) in [5.41, 5.74) is 1.23. The molecule has 2 N–H and O–H groups in total. The van der Waals surface area contributed by atoms with Crippen molar-refractivity contribution in [2.24, 2.45) is 0 Å². The second kappa shape index (κ2) is 8.14. The van der Waals surface area contributed by atoms with Crippen molar-refractivity contribution < 1.29 is 9.90 Å². The molecule has 21 heavy (non-hydrogen) atoms. The smallest absolute Gasteiger partial charge is 0.221 e. The molecule has 1 amide bonds. The lowest BCUT2D eigenvalue weighted by Crippen LogP contribution is -2.36. The number of nitrogens with one attached hydrogen (secondary N) is 1. The van der Waals surface area contributed by atoms with E-state index < -0.39 is 0 Å². The Morgan fingerprint density at radius 2 is 2.19 bits per heavy atom. The molecule has 0 atom stereocenters. The molecule has 1 aliphatic heterocycles. The van der Waals surface area contributed by atoms with Gasteiger partial charge in [-0.25, -0.2) is 0 Å². The molecule has 2 heterocycles. The minimum Gasteiger partial charge on any atom is -0.394 e. The number of piperidine rings is 1. The first-order valence-electron chi connectivity index (χ1n) is 7.86. The summed E-state index contributed by atoms with van der Waals surface area (Å²) in [6, 6.07) is 2.06. The largest absolute Gasteiger partial charge is 0.394 e. The van der Waals surface area contributed by atoms with Gasteiger partial charge < -0.3 is 15.3 Å². The lowest BCUT2D eigenvalue weighted by molar-refractivity contribution is -0.121. The topological polar surface area (TPSA) is 70.4 Å². The molecule has 0 spiro atoms. The molecule has 0 aromatic carbocycles. The molecule has 0 radical (unpaired) electrons. The predicted molar refractivity (Wildman–Crippen MR) is 81.0 cm³/mol. The van der Waals surface area contributed by atoms with Crippen LogP contribution < -0.4 is 5.32 Å². The number of amides is 1. The highest BCUT2D eigenvalue weighted by molar-refractivity contribution is 5.75. The summed E-state index contributed by atoms with van der Waals surface area (Å²) in [7, 11) is 0. The maximum atomic E-state index is 11.5. The lowest BCUT2D eigenvalue weighted by atomic mass is 9.93. The lowest BCUT2D eigenvalue weighted by Gasteiger charge is -2.32. The molecule has 1 aromatic heterocycles. The van der Waals surface area contributed by atoms with Gasteiger partial charge in [0.15, 0.2) is 0 Å². The molecular weight excluding hydrogens is 268 g/mol. The van der Waals surface area contributed by atoms with E-state index in [9.17, 15) is 4.79 Å². The number of carbonyl (C=O) groups is 1. The molecule has 1 fully saturated rings. The fourth-order valence-electron chi connectivity index (χ4n) is 2.97. The van der Waals surface area contributed by atoms with E-state index in [2.05, 4.69) is 21.4 Å². The van der Waals surface area contributed by atoms with Gasteiger partial charge >= 0.3 is 0 Å². The number of hydrogen-bond acceptors (Lipinski definition) is 4. The molecule has 2 rings (SSSR count). The molecule has 6 nitrogen and oxygen atoms in total. The van der Waals surface area contributed by atoms with E-state index >= 15 is 0 Å². The summed E-state index contributed by atoms with van der Waals surface area (Å²) in [5, 5.41) is 16.2. The highest BCUT2D eigenvalue weighted by Crippen LogP contribution is 2.27. The van der Waals surface area contributed by atoms with Crippen LogP contribution in [0.15, 0.2) is 12.3 Å². The summed E-state index contributed by atoms with van der Waals surface area (Å²) >= 11 is 0. The van der Waals surface area contributed by atoms with Crippen molar-refractivity contribution in [1.29, 1.82) is 0 Å². The van der Waals surface area contributed by atoms with Gasteiger partial charge in [-0.05, 0) is 38.9 Å².